The second-order valence-corrected chi connectivity index (χ2v) is 2.77. The van der Waals surface area contributed by atoms with Gasteiger partial charge in [0.05, 0.1) is 12.6 Å². The Morgan fingerprint density at radius 3 is 2.71 bits per heavy atom. The van der Waals surface area contributed by atoms with Crippen LogP contribution in [-0.2, 0) is 0 Å². The number of aromatic nitrogens is 1. The molecule has 3 nitrogen and oxygen atoms in total. The number of ether oxygens (including phenoxy) is 1. The Morgan fingerprint density at radius 2 is 2.00 bits per heavy atom. The van der Waals surface area contributed by atoms with Crippen LogP contribution in [0.4, 0.5) is 5.69 Å². The molecule has 74 valence electrons. The minimum absolute atomic E-state index is 0. The quantitative estimate of drug-likeness (QED) is 0.786. The lowest BCUT2D eigenvalue weighted by Crippen LogP contribution is -1.93. The van der Waals surface area contributed by atoms with Crippen molar-refractivity contribution in [2.24, 2.45) is 0 Å². The molecule has 14 heavy (non-hydrogen) atoms. The van der Waals surface area contributed by atoms with Crippen molar-refractivity contribution in [2.75, 3.05) is 12.8 Å². The summed E-state index contributed by atoms with van der Waals surface area (Å²) in [4.78, 5) is 4.25. The Bertz CT molecular complexity index is 445. The first-order valence-electron chi connectivity index (χ1n) is 4.00. The summed E-state index contributed by atoms with van der Waals surface area (Å²) in [7, 11) is 1.58. The molecule has 4 heteroatoms. The van der Waals surface area contributed by atoms with Gasteiger partial charge in [-0.25, -0.2) is 4.98 Å². The van der Waals surface area contributed by atoms with Gasteiger partial charge in [-0.1, -0.05) is 18.2 Å². The fourth-order valence-corrected chi connectivity index (χ4v) is 1.28. The first-order chi connectivity index (χ1) is 6.31. The molecular formula is C10H11ClN2O. The van der Waals surface area contributed by atoms with E-state index in [1.54, 1.807) is 13.2 Å². The number of rotatable bonds is 1. The van der Waals surface area contributed by atoms with E-state index < -0.39 is 0 Å². The zero-order valence-electron chi connectivity index (χ0n) is 7.73. The molecule has 0 unspecified atom stereocenters. The standard InChI is InChI=1S/C10H10N2O.ClH/c1-13-10-6-8(11)7-4-2-3-5-9(7)12-10;/h2-6H,1H3,(H2,11,12);1H. The topological polar surface area (TPSA) is 48.1 Å². The van der Waals surface area contributed by atoms with E-state index in [1.807, 2.05) is 24.3 Å². The van der Waals surface area contributed by atoms with Crippen LogP contribution in [0.5, 0.6) is 5.88 Å². The maximum atomic E-state index is 5.81. The molecule has 2 aromatic rings. The lowest BCUT2D eigenvalue weighted by atomic mass is 10.2. The van der Waals surface area contributed by atoms with E-state index in [0.29, 0.717) is 11.6 Å². The molecule has 1 heterocycles. The largest absolute Gasteiger partial charge is 0.481 e. The van der Waals surface area contributed by atoms with Gasteiger partial charge in [0.2, 0.25) is 5.88 Å². The van der Waals surface area contributed by atoms with Gasteiger partial charge < -0.3 is 10.5 Å². The van der Waals surface area contributed by atoms with E-state index >= 15 is 0 Å². The van der Waals surface area contributed by atoms with E-state index in [2.05, 4.69) is 4.98 Å². The SMILES string of the molecule is COc1cc(N)c2ccccc2n1.Cl. The molecule has 0 amide bonds. The summed E-state index contributed by atoms with van der Waals surface area (Å²) in [5, 5.41) is 0.961. The molecule has 0 aliphatic rings. The first-order valence-corrected chi connectivity index (χ1v) is 4.00. The van der Waals surface area contributed by atoms with Crippen molar-refractivity contribution >= 4 is 29.0 Å². The average Bonchev–Trinajstić information content (AvgIpc) is 2.18. The van der Waals surface area contributed by atoms with Crippen LogP contribution in [0.2, 0.25) is 0 Å². The van der Waals surface area contributed by atoms with Crippen LogP contribution in [0.15, 0.2) is 30.3 Å². The van der Waals surface area contributed by atoms with E-state index in [9.17, 15) is 0 Å². The highest BCUT2D eigenvalue weighted by Gasteiger charge is 2.01. The lowest BCUT2D eigenvalue weighted by Gasteiger charge is -2.03. The van der Waals surface area contributed by atoms with Crippen molar-refractivity contribution in [1.29, 1.82) is 0 Å². The fourth-order valence-electron chi connectivity index (χ4n) is 1.28. The van der Waals surface area contributed by atoms with E-state index in [4.69, 9.17) is 10.5 Å². The Morgan fingerprint density at radius 1 is 1.29 bits per heavy atom. The van der Waals surface area contributed by atoms with Crippen LogP contribution in [-0.4, -0.2) is 12.1 Å². The lowest BCUT2D eigenvalue weighted by molar-refractivity contribution is 0.400. The van der Waals surface area contributed by atoms with Gasteiger partial charge in [-0.3, -0.25) is 0 Å². The summed E-state index contributed by atoms with van der Waals surface area (Å²) in [5.74, 6) is 0.552. The number of hydrogen-bond donors (Lipinski definition) is 1. The third-order valence-electron chi connectivity index (χ3n) is 1.93. The van der Waals surface area contributed by atoms with Crippen LogP contribution in [0.25, 0.3) is 10.9 Å². The van der Waals surface area contributed by atoms with Gasteiger partial charge in [0.1, 0.15) is 0 Å². The maximum absolute atomic E-state index is 5.81. The molecule has 0 fully saturated rings. The predicted octanol–water partition coefficient (Wildman–Crippen LogP) is 2.25. The Labute approximate surface area is 88.3 Å². The summed E-state index contributed by atoms with van der Waals surface area (Å²) < 4.78 is 5.01. The number of nitrogens with two attached hydrogens (primary N) is 1. The monoisotopic (exact) mass is 210 g/mol. The van der Waals surface area contributed by atoms with E-state index in [-0.39, 0.29) is 12.4 Å². The number of benzene rings is 1. The van der Waals surface area contributed by atoms with E-state index in [0.717, 1.165) is 10.9 Å². The van der Waals surface area contributed by atoms with Crippen molar-refractivity contribution in [1.82, 2.24) is 4.98 Å². The minimum Gasteiger partial charge on any atom is -0.481 e. The van der Waals surface area contributed by atoms with Gasteiger partial charge in [-0.2, -0.15) is 0 Å². The number of fused-ring (bicyclic) bond motifs is 1. The second kappa shape index (κ2) is 4.15. The molecule has 2 N–H and O–H groups in total. The maximum Gasteiger partial charge on any atom is 0.215 e. The molecule has 0 saturated heterocycles. The summed E-state index contributed by atoms with van der Waals surface area (Å²) >= 11 is 0. The number of nitrogen functional groups attached to an aromatic ring is 1. The van der Waals surface area contributed by atoms with Crippen molar-refractivity contribution < 1.29 is 4.74 Å². The summed E-state index contributed by atoms with van der Waals surface area (Å²) in [5.41, 5.74) is 7.37. The zero-order chi connectivity index (χ0) is 9.26. The van der Waals surface area contributed by atoms with Crippen molar-refractivity contribution in [2.45, 2.75) is 0 Å². The Hall–Kier alpha value is -1.48. The molecule has 0 spiro atoms. The Balaban J connectivity index is 0.000000980. The van der Waals surface area contributed by atoms with Gasteiger partial charge in [-0.15, -0.1) is 12.4 Å². The number of hydrogen-bond acceptors (Lipinski definition) is 3. The van der Waals surface area contributed by atoms with Gasteiger partial charge in [0, 0.05) is 17.1 Å². The average molecular weight is 211 g/mol. The van der Waals surface area contributed by atoms with Crippen molar-refractivity contribution in [3.63, 3.8) is 0 Å². The number of halogens is 1. The third-order valence-corrected chi connectivity index (χ3v) is 1.93. The summed E-state index contributed by atoms with van der Waals surface area (Å²) in [6, 6.07) is 9.44. The molecule has 1 aromatic carbocycles. The third kappa shape index (κ3) is 1.72. The molecule has 0 saturated carbocycles. The van der Waals surface area contributed by atoms with Gasteiger partial charge in [0.25, 0.3) is 0 Å². The first kappa shape index (κ1) is 10.6. The number of pyridine rings is 1. The predicted molar refractivity (Wildman–Crippen MR) is 60.0 cm³/mol. The van der Waals surface area contributed by atoms with Gasteiger partial charge in [-0.05, 0) is 6.07 Å². The second-order valence-electron chi connectivity index (χ2n) is 2.77. The highest BCUT2D eigenvalue weighted by atomic mass is 35.5. The van der Waals surface area contributed by atoms with Crippen molar-refractivity contribution in [3.05, 3.63) is 30.3 Å². The summed E-state index contributed by atoms with van der Waals surface area (Å²) in [6.45, 7) is 0. The smallest absolute Gasteiger partial charge is 0.215 e. The normalized spacial score (nSPS) is 9.50. The minimum atomic E-state index is 0. The molecule has 0 atom stereocenters. The molecule has 0 aliphatic heterocycles. The van der Waals surface area contributed by atoms with E-state index in [1.165, 1.54) is 0 Å². The van der Waals surface area contributed by atoms with Crippen LogP contribution < -0.4 is 10.5 Å². The van der Waals surface area contributed by atoms with Gasteiger partial charge in [0.15, 0.2) is 0 Å². The van der Waals surface area contributed by atoms with Crippen LogP contribution in [0.1, 0.15) is 0 Å². The van der Waals surface area contributed by atoms with Crippen molar-refractivity contribution in [3.8, 4) is 5.88 Å². The zero-order valence-corrected chi connectivity index (χ0v) is 8.54. The van der Waals surface area contributed by atoms with Crippen LogP contribution in [0, 0.1) is 0 Å². The fraction of sp³-hybridized carbons (Fsp3) is 0.100. The number of nitrogens with zero attached hydrogens (tertiary/aromatic N) is 1. The number of methoxy groups -OCH3 is 1. The van der Waals surface area contributed by atoms with Crippen LogP contribution >= 0.6 is 12.4 Å². The molecule has 1 aromatic heterocycles. The molecule has 0 radical (unpaired) electrons. The molecular weight excluding hydrogens is 200 g/mol. The number of anilines is 1. The molecule has 2 rings (SSSR count). The van der Waals surface area contributed by atoms with Gasteiger partial charge >= 0.3 is 0 Å². The molecule has 0 aliphatic carbocycles. The van der Waals surface area contributed by atoms with Crippen LogP contribution in [0.3, 0.4) is 0 Å². The highest BCUT2D eigenvalue weighted by Crippen LogP contribution is 2.22. The summed E-state index contributed by atoms with van der Waals surface area (Å²) in [6.07, 6.45) is 0. The molecule has 0 bridgehead atoms. The Kier molecular flexibility index (Phi) is 3.14. The number of para-hydroxylation sites is 1. The highest BCUT2D eigenvalue weighted by molar-refractivity contribution is 5.90.